The van der Waals surface area contributed by atoms with E-state index in [-0.39, 0.29) is 5.91 Å². The maximum Gasteiger partial charge on any atom is 0.251 e. The zero-order valence-corrected chi connectivity index (χ0v) is 18.0. The number of ether oxygens (including phenoxy) is 1. The van der Waals surface area contributed by atoms with E-state index < -0.39 is 0 Å². The van der Waals surface area contributed by atoms with Gasteiger partial charge in [-0.15, -0.1) is 12.6 Å². The molecular formula is C25H26N2O2S. The number of thiol groups is 1. The Morgan fingerprint density at radius 2 is 1.90 bits per heavy atom. The molecule has 0 radical (unpaired) electrons. The van der Waals surface area contributed by atoms with E-state index in [1.807, 2.05) is 54.6 Å². The van der Waals surface area contributed by atoms with E-state index in [4.69, 9.17) is 4.74 Å². The standard InChI is InChI=1S/C25H26N2O2S/c1-29-24-7-3-2-5-21(24)17-27-14-4-6-19-15-20(10-13-23(19)27)25(28)26-16-18-8-11-22(30)12-9-18/h2-3,5,7-13,15,30H,4,6,14,16-17H2,1H3,(H,26,28). The third-order valence-corrected chi connectivity index (χ3v) is 5.80. The van der Waals surface area contributed by atoms with E-state index in [1.165, 1.54) is 16.8 Å². The van der Waals surface area contributed by atoms with Crippen LogP contribution in [0.25, 0.3) is 0 Å². The van der Waals surface area contributed by atoms with Crippen molar-refractivity contribution in [1.82, 2.24) is 5.32 Å². The Morgan fingerprint density at radius 3 is 2.70 bits per heavy atom. The summed E-state index contributed by atoms with van der Waals surface area (Å²) in [5.74, 6) is 0.862. The molecule has 3 aromatic carbocycles. The second kappa shape index (κ2) is 9.26. The zero-order valence-electron chi connectivity index (χ0n) is 17.1. The molecule has 0 saturated carbocycles. The molecule has 1 heterocycles. The summed E-state index contributed by atoms with van der Waals surface area (Å²) in [4.78, 5) is 16.0. The van der Waals surface area contributed by atoms with Crippen molar-refractivity contribution in [2.45, 2.75) is 30.8 Å². The molecule has 4 rings (SSSR count). The summed E-state index contributed by atoms with van der Waals surface area (Å²) in [5.41, 5.74) is 5.36. The Bertz CT molecular complexity index is 1030. The van der Waals surface area contributed by atoms with E-state index in [0.717, 1.165) is 42.1 Å². The van der Waals surface area contributed by atoms with E-state index in [2.05, 4.69) is 35.0 Å². The Hall–Kier alpha value is -2.92. The van der Waals surface area contributed by atoms with Crippen LogP contribution < -0.4 is 15.0 Å². The molecule has 1 aliphatic heterocycles. The molecular weight excluding hydrogens is 392 g/mol. The van der Waals surface area contributed by atoms with Crippen LogP contribution in [-0.2, 0) is 19.5 Å². The largest absolute Gasteiger partial charge is 0.496 e. The van der Waals surface area contributed by atoms with Crippen molar-refractivity contribution in [2.75, 3.05) is 18.6 Å². The molecule has 0 saturated heterocycles. The van der Waals surface area contributed by atoms with Crippen molar-refractivity contribution in [3.8, 4) is 5.75 Å². The third-order valence-electron chi connectivity index (χ3n) is 5.50. The molecule has 30 heavy (non-hydrogen) atoms. The Morgan fingerprint density at radius 1 is 1.10 bits per heavy atom. The summed E-state index contributed by atoms with van der Waals surface area (Å²) in [6, 6.07) is 22.0. The predicted octanol–water partition coefficient (Wildman–Crippen LogP) is 4.87. The summed E-state index contributed by atoms with van der Waals surface area (Å²) >= 11 is 4.30. The molecule has 1 aliphatic rings. The second-order valence-electron chi connectivity index (χ2n) is 7.53. The van der Waals surface area contributed by atoms with Crippen LogP contribution in [0.2, 0.25) is 0 Å². The third kappa shape index (κ3) is 4.62. The lowest BCUT2D eigenvalue weighted by Crippen LogP contribution is -2.29. The molecule has 0 atom stereocenters. The van der Waals surface area contributed by atoms with Crippen LogP contribution in [0, 0.1) is 0 Å². The van der Waals surface area contributed by atoms with Gasteiger partial charge in [-0.2, -0.15) is 0 Å². The van der Waals surface area contributed by atoms with E-state index in [1.54, 1.807) is 7.11 Å². The van der Waals surface area contributed by atoms with Gasteiger partial charge < -0.3 is 15.0 Å². The minimum absolute atomic E-state index is 0.0467. The molecule has 5 heteroatoms. The summed E-state index contributed by atoms with van der Waals surface area (Å²) < 4.78 is 5.51. The van der Waals surface area contributed by atoms with Gasteiger partial charge in [0.2, 0.25) is 0 Å². The number of methoxy groups -OCH3 is 1. The van der Waals surface area contributed by atoms with Crippen molar-refractivity contribution >= 4 is 24.2 Å². The van der Waals surface area contributed by atoms with Crippen molar-refractivity contribution in [3.05, 3.63) is 89.0 Å². The number of nitrogens with one attached hydrogen (secondary N) is 1. The first-order valence-electron chi connectivity index (χ1n) is 10.2. The van der Waals surface area contributed by atoms with Crippen LogP contribution in [0.15, 0.2) is 71.6 Å². The number of nitrogens with zero attached hydrogens (tertiary/aromatic N) is 1. The summed E-state index contributed by atoms with van der Waals surface area (Å²) in [7, 11) is 1.71. The average molecular weight is 419 g/mol. The maximum absolute atomic E-state index is 12.7. The molecule has 1 N–H and O–H groups in total. The highest BCUT2D eigenvalue weighted by Gasteiger charge is 2.20. The number of amides is 1. The molecule has 4 nitrogen and oxygen atoms in total. The van der Waals surface area contributed by atoms with E-state index in [9.17, 15) is 4.79 Å². The van der Waals surface area contributed by atoms with E-state index in [0.29, 0.717) is 12.1 Å². The van der Waals surface area contributed by atoms with Gasteiger partial charge in [-0.3, -0.25) is 4.79 Å². The van der Waals surface area contributed by atoms with Gasteiger partial charge in [0.1, 0.15) is 5.75 Å². The lowest BCUT2D eigenvalue weighted by atomic mass is 9.98. The topological polar surface area (TPSA) is 41.6 Å². The van der Waals surface area contributed by atoms with Crippen LogP contribution in [0.4, 0.5) is 5.69 Å². The number of fused-ring (bicyclic) bond motifs is 1. The van der Waals surface area contributed by atoms with Gasteiger partial charge in [-0.05, 0) is 60.4 Å². The lowest BCUT2D eigenvalue weighted by Gasteiger charge is -2.32. The quantitative estimate of drug-likeness (QED) is 0.562. The molecule has 0 bridgehead atoms. The zero-order chi connectivity index (χ0) is 20.9. The fourth-order valence-corrected chi connectivity index (χ4v) is 4.07. The minimum Gasteiger partial charge on any atom is -0.496 e. The summed E-state index contributed by atoms with van der Waals surface area (Å²) in [5, 5.41) is 3.01. The molecule has 0 aliphatic carbocycles. The molecule has 3 aromatic rings. The maximum atomic E-state index is 12.7. The van der Waals surface area contributed by atoms with Gasteiger partial charge in [0.15, 0.2) is 0 Å². The Kier molecular flexibility index (Phi) is 6.29. The number of anilines is 1. The molecule has 0 aromatic heterocycles. The number of carbonyl (C=O) groups is 1. The van der Waals surface area contributed by atoms with Crippen molar-refractivity contribution < 1.29 is 9.53 Å². The molecule has 154 valence electrons. The molecule has 0 unspecified atom stereocenters. The fourth-order valence-electron chi connectivity index (χ4n) is 3.92. The normalized spacial score (nSPS) is 12.9. The number of carbonyl (C=O) groups excluding carboxylic acids is 1. The Labute approximate surface area is 183 Å². The van der Waals surface area contributed by atoms with Crippen molar-refractivity contribution in [3.63, 3.8) is 0 Å². The van der Waals surface area contributed by atoms with Gasteiger partial charge >= 0.3 is 0 Å². The van der Waals surface area contributed by atoms with Crippen LogP contribution in [0.1, 0.15) is 33.5 Å². The average Bonchev–Trinajstić information content (AvgIpc) is 2.78. The van der Waals surface area contributed by atoms with Gasteiger partial charge in [0.05, 0.1) is 7.11 Å². The first kappa shape index (κ1) is 20.4. The van der Waals surface area contributed by atoms with Gasteiger partial charge in [0.25, 0.3) is 5.91 Å². The minimum atomic E-state index is -0.0467. The van der Waals surface area contributed by atoms with Gasteiger partial charge in [-0.25, -0.2) is 0 Å². The first-order chi connectivity index (χ1) is 14.6. The van der Waals surface area contributed by atoms with Crippen molar-refractivity contribution in [1.29, 1.82) is 0 Å². The van der Waals surface area contributed by atoms with E-state index >= 15 is 0 Å². The first-order valence-corrected chi connectivity index (χ1v) is 10.6. The fraction of sp³-hybridized carbons (Fsp3) is 0.240. The number of hydrogen-bond acceptors (Lipinski definition) is 4. The number of para-hydroxylation sites is 1. The van der Waals surface area contributed by atoms with Crippen molar-refractivity contribution in [2.24, 2.45) is 0 Å². The monoisotopic (exact) mass is 418 g/mol. The van der Waals surface area contributed by atoms with Crippen LogP contribution in [0.5, 0.6) is 5.75 Å². The van der Waals surface area contributed by atoms with Gasteiger partial charge in [0, 0.05) is 41.3 Å². The van der Waals surface area contributed by atoms with Crippen LogP contribution >= 0.6 is 12.6 Å². The number of aryl methyl sites for hydroxylation is 1. The highest BCUT2D eigenvalue weighted by molar-refractivity contribution is 7.80. The molecule has 1 amide bonds. The predicted molar refractivity (Wildman–Crippen MR) is 124 cm³/mol. The number of hydrogen-bond donors (Lipinski definition) is 2. The number of benzene rings is 3. The number of rotatable bonds is 6. The van der Waals surface area contributed by atoms with Gasteiger partial charge in [-0.1, -0.05) is 30.3 Å². The van der Waals surface area contributed by atoms with Crippen LogP contribution in [0.3, 0.4) is 0 Å². The molecule has 0 fully saturated rings. The smallest absolute Gasteiger partial charge is 0.251 e. The highest BCUT2D eigenvalue weighted by atomic mass is 32.1. The molecule has 0 spiro atoms. The SMILES string of the molecule is COc1ccccc1CN1CCCc2cc(C(=O)NCc3ccc(S)cc3)ccc21. The summed E-state index contributed by atoms with van der Waals surface area (Å²) in [6.45, 7) is 2.30. The Balaban J connectivity index is 1.47. The summed E-state index contributed by atoms with van der Waals surface area (Å²) in [6.07, 6.45) is 2.06. The van der Waals surface area contributed by atoms with Crippen LogP contribution in [-0.4, -0.2) is 19.6 Å². The lowest BCUT2D eigenvalue weighted by molar-refractivity contribution is 0.0951. The second-order valence-corrected chi connectivity index (χ2v) is 8.05. The highest BCUT2D eigenvalue weighted by Crippen LogP contribution is 2.31.